The number of rotatable bonds is 12. The minimum absolute atomic E-state index is 0.254. The summed E-state index contributed by atoms with van der Waals surface area (Å²) >= 11 is 0. The third kappa shape index (κ3) is 10.6. The highest BCUT2D eigenvalue weighted by Crippen LogP contribution is 2.23. The first-order valence-electron chi connectivity index (χ1n) is 10.7. The SMILES string of the molecule is CCCNC(=O)c1cccc(C(=O)NCCC[Si](C)(C)O[Si](C)(C)O[Si](C)(C)C)n1. The highest BCUT2D eigenvalue weighted by atomic mass is 28.5. The Labute approximate surface area is 184 Å². The number of pyridine rings is 1. The molecule has 0 atom stereocenters. The molecule has 0 aliphatic carbocycles. The predicted molar refractivity (Wildman–Crippen MR) is 129 cm³/mol. The van der Waals surface area contributed by atoms with Gasteiger partial charge in [0, 0.05) is 13.1 Å². The molecular weight excluding hydrogens is 430 g/mol. The van der Waals surface area contributed by atoms with Crippen LogP contribution in [0, 0.1) is 0 Å². The van der Waals surface area contributed by atoms with E-state index in [1.165, 1.54) is 0 Å². The van der Waals surface area contributed by atoms with E-state index in [1.54, 1.807) is 18.2 Å². The van der Waals surface area contributed by atoms with Gasteiger partial charge in [-0.25, -0.2) is 4.98 Å². The lowest BCUT2D eigenvalue weighted by atomic mass is 10.2. The number of amides is 2. The zero-order valence-electron chi connectivity index (χ0n) is 19.8. The maximum absolute atomic E-state index is 12.4. The largest absolute Gasteiger partial charge is 0.437 e. The average molecular weight is 470 g/mol. The van der Waals surface area contributed by atoms with Crippen LogP contribution in [-0.2, 0) is 8.23 Å². The number of hydrogen-bond donors (Lipinski definition) is 2. The van der Waals surface area contributed by atoms with Crippen LogP contribution in [0.4, 0.5) is 0 Å². The number of carbonyl (C=O) groups excluding carboxylic acids is 2. The molecule has 0 saturated heterocycles. The van der Waals surface area contributed by atoms with E-state index in [-0.39, 0.29) is 23.2 Å². The second-order valence-electron chi connectivity index (χ2n) is 9.50. The lowest BCUT2D eigenvalue weighted by Gasteiger charge is -2.37. The highest BCUT2D eigenvalue weighted by molar-refractivity contribution is 6.87. The van der Waals surface area contributed by atoms with Gasteiger partial charge in [-0.05, 0) is 76.8 Å². The van der Waals surface area contributed by atoms with Crippen molar-refractivity contribution in [3.63, 3.8) is 0 Å². The number of aromatic nitrogens is 1. The minimum Gasteiger partial charge on any atom is -0.437 e. The molecule has 2 N–H and O–H groups in total. The molecule has 1 aromatic rings. The molecule has 1 aromatic heterocycles. The molecule has 170 valence electrons. The van der Waals surface area contributed by atoms with Crippen molar-refractivity contribution in [3.8, 4) is 0 Å². The molecule has 0 fully saturated rings. The van der Waals surface area contributed by atoms with Crippen LogP contribution in [0.3, 0.4) is 0 Å². The monoisotopic (exact) mass is 469 g/mol. The van der Waals surface area contributed by atoms with Crippen LogP contribution in [-0.4, -0.2) is 55.1 Å². The molecule has 1 rings (SSSR count). The average Bonchev–Trinajstić information content (AvgIpc) is 2.60. The molecular formula is C20H39N3O4Si3. The Morgan fingerprint density at radius 1 is 0.900 bits per heavy atom. The van der Waals surface area contributed by atoms with Gasteiger partial charge in [0.2, 0.25) is 0 Å². The van der Waals surface area contributed by atoms with E-state index in [1.807, 2.05) is 6.92 Å². The second-order valence-corrected chi connectivity index (χ2v) is 22.2. The van der Waals surface area contributed by atoms with Gasteiger partial charge in [0.15, 0.2) is 16.6 Å². The third-order valence-electron chi connectivity index (χ3n) is 4.07. The zero-order chi connectivity index (χ0) is 23.0. The van der Waals surface area contributed by atoms with E-state index < -0.39 is 25.2 Å². The van der Waals surface area contributed by atoms with Crippen molar-refractivity contribution in [2.45, 2.75) is 71.6 Å². The van der Waals surface area contributed by atoms with Crippen molar-refractivity contribution in [1.82, 2.24) is 15.6 Å². The molecule has 0 spiro atoms. The van der Waals surface area contributed by atoms with Gasteiger partial charge in [-0.1, -0.05) is 13.0 Å². The number of carbonyl (C=O) groups is 2. The Morgan fingerprint density at radius 3 is 1.93 bits per heavy atom. The first kappa shape index (κ1) is 26.7. The van der Waals surface area contributed by atoms with Crippen molar-refractivity contribution in [3.05, 3.63) is 29.6 Å². The van der Waals surface area contributed by atoms with E-state index >= 15 is 0 Å². The molecule has 0 aliphatic rings. The van der Waals surface area contributed by atoms with E-state index in [0.717, 1.165) is 18.9 Å². The normalized spacial score (nSPS) is 12.5. The van der Waals surface area contributed by atoms with Crippen LogP contribution >= 0.6 is 0 Å². The minimum atomic E-state index is -2.15. The summed E-state index contributed by atoms with van der Waals surface area (Å²) in [5.41, 5.74) is 0.511. The molecule has 10 heteroatoms. The molecule has 0 aromatic carbocycles. The Hall–Kier alpha value is -1.34. The topological polar surface area (TPSA) is 89.6 Å². The fourth-order valence-electron chi connectivity index (χ4n) is 3.30. The molecule has 0 aliphatic heterocycles. The molecule has 0 saturated carbocycles. The quantitative estimate of drug-likeness (QED) is 0.355. The van der Waals surface area contributed by atoms with Gasteiger partial charge in [-0.3, -0.25) is 9.59 Å². The van der Waals surface area contributed by atoms with Crippen LogP contribution in [0.2, 0.25) is 51.9 Å². The predicted octanol–water partition coefficient (Wildman–Crippen LogP) is 4.12. The lowest BCUT2D eigenvalue weighted by Crippen LogP contribution is -2.51. The first-order valence-corrected chi connectivity index (χ1v) is 20.0. The third-order valence-corrected chi connectivity index (χ3v) is 14.2. The smallest absolute Gasteiger partial charge is 0.311 e. The summed E-state index contributed by atoms with van der Waals surface area (Å²) in [6.07, 6.45) is 1.68. The maximum Gasteiger partial charge on any atom is 0.311 e. The number of hydrogen-bond acceptors (Lipinski definition) is 5. The van der Waals surface area contributed by atoms with Crippen LogP contribution in [0.1, 0.15) is 40.7 Å². The Kier molecular flexibility index (Phi) is 10.1. The highest BCUT2D eigenvalue weighted by Gasteiger charge is 2.37. The van der Waals surface area contributed by atoms with Crippen molar-refractivity contribution in [2.75, 3.05) is 13.1 Å². The van der Waals surface area contributed by atoms with E-state index in [9.17, 15) is 9.59 Å². The van der Waals surface area contributed by atoms with Crippen LogP contribution in [0.5, 0.6) is 0 Å². The lowest BCUT2D eigenvalue weighted by molar-refractivity contribution is 0.0944. The van der Waals surface area contributed by atoms with Crippen molar-refractivity contribution in [1.29, 1.82) is 0 Å². The van der Waals surface area contributed by atoms with Gasteiger partial charge in [0.1, 0.15) is 11.4 Å². The summed E-state index contributed by atoms with van der Waals surface area (Å²) in [4.78, 5) is 28.6. The van der Waals surface area contributed by atoms with Gasteiger partial charge in [0.25, 0.3) is 11.8 Å². The second kappa shape index (κ2) is 11.3. The standard InChI is InChI=1S/C20H39N3O4Si3/c1-9-14-21-19(24)17-12-10-13-18(23-17)20(25)22-15-11-16-29(5,6)27-30(7,8)26-28(2,3)4/h10,12-13H,9,11,14-16H2,1-8H3,(H,21,24)(H,22,25). The van der Waals surface area contributed by atoms with Gasteiger partial charge in [-0.15, -0.1) is 0 Å². The van der Waals surface area contributed by atoms with Crippen molar-refractivity contribution >= 4 is 37.0 Å². The van der Waals surface area contributed by atoms with Crippen LogP contribution in [0.15, 0.2) is 18.2 Å². The van der Waals surface area contributed by atoms with E-state index in [4.69, 9.17) is 8.23 Å². The molecule has 1 heterocycles. The summed E-state index contributed by atoms with van der Waals surface area (Å²) < 4.78 is 12.8. The molecule has 7 nitrogen and oxygen atoms in total. The van der Waals surface area contributed by atoms with Gasteiger partial charge >= 0.3 is 8.56 Å². The summed E-state index contributed by atoms with van der Waals surface area (Å²) in [5, 5.41) is 5.67. The zero-order valence-corrected chi connectivity index (χ0v) is 22.8. The van der Waals surface area contributed by atoms with E-state index in [2.05, 4.69) is 61.4 Å². The van der Waals surface area contributed by atoms with Crippen molar-refractivity contribution < 1.29 is 17.8 Å². The fourth-order valence-corrected chi connectivity index (χ4v) is 16.5. The Balaban J connectivity index is 2.52. The molecule has 0 unspecified atom stereocenters. The summed E-state index contributed by atoms with van der Waals surface area (Å²) in [6.45, 7) is 18.3. The molecule has 0 radical (unpaired) electrons. The van der Waals surface area contributed by atoms with Gasteiger partial charge in [0.05, 0.1) is 0 Å². The number of nitrogens with one attached hydrogen (secondary N) is 2. The molecule has 30 heavy (non-hydrogen) atoms. The van der Waals surface area contributed by atoms with E-state index in [0.29, 0.717) is 13.1 Å². The molecule has 2 amide bonds. The fraction of sp³-hybridized carbons (Fsp3) is 0.650. The summed E-state index contributed by atoms with van der Waals surface area (Å²) in [6, 6.07) is 5.85. The summed E-state index contributed by atoms with van der Waals surface area (Å²) in [7, 11) is -5.67. The van der Waals surface area contributed by atoms with Gasteiger partial charge < -0.3 is 18.9 Å². The number of nitrogens with zero attached hydrogens (tertiary/aromatic N) is 1. The Bertz CT molecular complexity index is 721. The maximum atomic E-state index is 12.4. The molecule has 0 bridgehead atoms. The van der Waals surface area contributed by atoms with Crippen molar-refractivity contribution in [2.24, 2.45) is 0 Å². The Morgan fingerprint density at radius 2 is 1.43 bits per heavy atom. The summed E-state index contributed by atoms with van der Waals surface area (Å²) in [5.74, 6) is -0.527. The van der Waals surface area contributed by atoms with Gasteiger partial charge in [-0.2, -0.15) is 0 Å². The van der Waals surface area contributed by atoms with Crippen LogP contribution < -0.4 is 10.6 Å². The first-order chi connectivity index (χ1) is 13.7. The van der Waals surface area contributed by atoms with Crippen LogP contribution in [0.25, 0.3) is 0 Å².